The summed E-state index contributed by atoms with van der Waals surface area (Å²) < 4.78 is 5.38. The molecule has 128 valence electrons. The maximum Gasteiger partial charge on any atom is 0.244 e. The normalized spacial score (nSPS) is 33.8. The third-order valence-electron chi connectivity index (χ3n) is 6.34. The summed E-state index contributed by atoms with van der Waals surface area (Å²) in [7, 11) is 1.66. The summed E-state index contributed by atoms with van der Waals surface area (Å²) in [5.41, 5.74) is 2.12. The van der Waals surface area contributed by atoms with E-state index in [0.29, 0.717) is 17.9 Å². The van der Waals surface area contributed by atoms with Crippen LogP contribution in [-0.2, 0) is 4.79 Å². The number of carbonyl (C=O) groups excluding carboxylic acids is 1. The van der Waals surface area contributed by atoms with Crippen LogP contribution < -0.4 is 10.1 Å². The van der Waals surface area contributed by atoms with Gasteiger partial charge in [-0.05, 0) is 80.9 Å². The first-order chi connectivity index (χ1) is 11.6. The molecule has 0 atom stereocenters. The highest BCUT2D eigenvalue weighted by atomic mass is 16.5. The van der Waals surface area contributed by atoms with Crippen LogP contribution in [0, 0.1) is 30.6 Å². The van der Waals surface area contributed by atoms with Gasteiger partial charge < -0.3 is 10.1 Å². The number of carbonyl (C=O) groups is 1. The molecular weight excluding hydrogens is 298 g/mol. The van der Waals surface area contributed by atoms with Crippen LogP contribution in [0.1, 0.15) is 43.2 Å². The highest BCUT2D eigenvalue weighted by Crippen LogP contribution is 2.53. The van der Waals surface area contributed by atoms with Gasteiger partial charge in [-0.1, -0.05) is 11.6 Å². The van der Waals surface area contributed by atoms with Crippen molar-refractivity contribution in [3.8, 4) is 5.75 Å². The predicted octanol–water partition coefficient (Wildman–Crippen LogP) is 3.96. The minimum Gasteiger partial charge on any atom is -0.496 e. The standard InChI is InChI=1S/C21H27NO2/c1-13-3-5-19(24-2)16(7-13)4-6-20(23)22-21-17-9-14-8-15(11-17)12-18(21)10-14/h3-7,14-15,17-18,21H,8-12H2,1-2H3,(H,22,23)/b6-4+. The van der Waals surface area contributed by atoms with Crippen LogP contribution in [-0.4, -0.2) is 19.1 Å². The zero-order valence-corrected chi connectivity index (χ0v) is 14.6. The van der Waals surface area contributed by atoms with Crippen LogP contribution >= 0.6 is 0 Å². The van der Waals surface area contributed by atoms with E-state index in [4.69, 9.17) is 4.74 Å². The molecule has 4 aliphatic rings. The second-order valence-corrected chi connectivity index (χ2v) is 8.04. The Balaban J connectivity index is 1.43. The predicted molar refractivity (Wildman–Crippen MR) is 95.7 cm³/mol. The average molecular weight is 325 g/mol. The molecule has 3 heteroatoms. The van der Waals surface area contributed by atoms with Gasteiger partial charge in [-0.2, -0.15) is 0 Å². The molecule has 0 radical (unpaired) electrons. The molecule has 4 aliphatic carbocycles. The van der Waals surface area contributed by atoms with Crippen molar-refractivity contribution >= 4 is 12.0 Å². The lowest BCUT2D eigenvalue weighted by molar-refractivity contribution is -0.120. The fourth-order valence-electron chi connectivity index (χ4n) is 5.52. The van der Waals surface area contributed by atoms with Crippen molar-refractivity contribution < 1.29 is 9.53 Å². The Kier molecular flexibility index (Phi) is 4.11. The van der Waals surface area contributed by atoms with E-state index in [1.54, 1.807) is 13.2 Å². The first-order valence-corrected chi connectivity index (χ1v) is 9.25. The van der Waals surface area contributed by atoms with E-state index in [0.717, 1.165) is 28.7 Å². The molecule has 3 nitrogen and oxygen atoms in total. The van der Waals surface area contributed by atoms with Crippen molar-refractivity contribution in [2.75, 3.05) is 7.11 Å². The number of amides is 1. The van der Waals surface area contributed by atoms with Crippen molar-refractivity contribution in [3.05, 3.63) is 35.4 Å². The van der Waals surface area contributed by atoms with E-state index in [-0.39, 0.29) is 5.91 Å². The van der Waals surface area contributed by atoms with Crippen molar-refractivity contribution in [1.29, 1.82) is 0 Å². The molecule has 0 spiro atoms. The molecule has 1 aromatic carbocycles. The lowest BCUT2D eigenvalue weighted by atomic mass is 9.54. The fraction of sp³-hybridized carbons (Fsp3) is 0.571. The summed E-state index contributed by atoms with van der Waals surface area (Å²) in [6.07, 6.45) is 10.3. The summed E-state index contributed by atoms with van der Waals surface area (Å²) >= 11 is 0. The third-order valence-corrected chi connectivity index (χ3v) is 6.34. The maximum atomic E-state index is 12.5. The molecule has 4 bridgehead atoms. The number of rotatable bonds is 4. The summed E-state index contributed by atoms with van der Waals surface area (Å²) in [6, 6.07) is 6.41. The van der Waals surface area contributed by atoms with Gasteiger partial charge in [0.1, 0.15) is 5.75 Å². The molecule has 0 aliphatic heterocycles. The molecule has 1 aromatic rings. The molecule has 0 unspecified atom stereocenters. The first kappa shape index (κ1) is 15.7. The Morgan fingerprint density at radius 3 is 2.42 bits per heavy atom. The molecule has 1 amide bonds. The Morgan fingerprint density at radius 2 is 1.79 bits per heavy atom. The van der Waals surface area contributed by atoms with Gasteiger partial charge in [0.2, 0.25) is 5.91 Å². The molecule has 0 aromatic heterocycles. The monoisotopic (exact) mass is 325 g/mol. The number of ether oxygens (including phenoxy) is 1. The van der Waals surface area contributed by atoms with Gasteiger partial charge in [-0.3, -0.25) is 4.79 Å². The molecule has 1 N–H and O–H groups in total. The minimum atomic E-state index is 0.0380. The number of aryl methyl sites for hydroxylation is 1. The summed E-state index contributed by atoms with van der Waals surface area (Å²) in [4.78, 5) is 12.5. The molecule has 0 saturated heterocycles. The molecule has 4 fully saturated rings. The van der Waals surface area contributed by atoms with E-state index >= 15 is 0 Å². The lowest BCUT2D eigenvalue weighted by Gasteiger charge is -2.54. The molecule has 4 saturated carbocycles. The van der Waals surface area contributed by atoms with Crippen LogP contribution in [0.15, 0.2) is 24.3 Å². The van der Waals surface area contributed by atoms with Crippen molar-refractivity contribution in [2.24, 2.45) is 23.7 Å². The van der Waals surface area contributed by atoms with Gasteiger partial charge >= 0.3 is 0 Å². The molecular formula is C21H27NO2. The summed E-state index contributed by atoms with van der Waals surface area (Å²) in [6.45, 7) is 2.05. The van der Waals surface area contributed by atoms with Crippen molar-refractivity contribution in [2.45, 2.75) is 45.1 Å². The van der Waals surface area contributed by atoms with Crippen molar-refractivity contribution in [3.63, 3.8) is 0 Å². The third kappa shape index (κ3) is 2.97. The maximum absolute atomic E-state index is 12.5. The molecule has 5 rings (SSSR count). The van der Waals surface area contributed by atoms with Gasteiger partial charge in [0.15, 0.2) is 0 Å². The van der Waals surface area contributed by atoms with Gasteiger partial charge in [0.05, 0.1) is 7.11 Å². The van der Waals surface area contributed by atoms with Crippen LogP contribution in [0.3, 0.4) is 0 Å². The summed E-state index contributed by atoms with van der Waals surface area (Å²) in [5.74, 6) is 4.15. The van der Waals surface area contributed by atoms with E-state index < -0.39 is 0 Å². The Morgan fingerprint density at radius 1 is 1.12 bits per heavy atom. The number of methoxy groups -OCH3 is 1. The van der Waals surface area contributed by atoms with Crippen LogP contribution in [0.4, 0.5) is 0 Å². The zero-order chi connectivity index (χ0) is 16.7. The number of nitrogens with one attached hydrogen (secondary N) is 1. The smallest absolute Gasteiger partial charge is 0.244 e. The lowest BCUT2D eigenvalue weighted by Crippen LogP contribution is -2.55. The Bertz CT molecular complexity index is 636. The van der Waals surface area contributed by atoms with Gasteiger partial charge in [-0.15, -0.1) is 0 Å². The van der Waals surface area contributed by atoms with Crippen LogP contribution in [0.2, 0.25) is 0 Å². The first-order valence-electron chi connectivity index (χ1n) is 9.25. The molecule has 0 heterocycles. The van der Waals surface area contributed by atoms with Crippen LogP contribution in [0.5, 0.6) is 5.75 Å². The second-order valence-electron chi connectivity index (χ2n) is 8.04. The highest BCUT2D eigenvalue weighted by Gasteiger charge is 2.48. The van der Waals surface area contributed by atoms with Crippen LogP contribution in [0.25, 0.3) is 6.08 Å². The minimum absolute atomic E-state index is 0.0380. The van der Waals surface area contributed by atoms with Gasteiger partial charge in [0.25, 0.3) is 0 Å². The van der Waals surface area contributed by atoms with E-state index in [9.17, 15) is 4.79 Å². The van der Waals surface area contributed by atoms with E-state index in [2.05, 4.69) is 5.32 Å². The fourth-order valence-corrected chi connectivity index (χ4v) is 5.52. The van der Waals surface area contributed by atoms with E-state index in [1.165, 1.54) is 32.1 Å². The Labute approximate surface area is 144 Å². The largest absolute Gasteiger partial charge is 0.496 e. The molecule has 24 heavy (non-hydrogen) atoms. The number of hydrogen-bond donors (Lipinski definition) is 1. The van der Waals surface area contributed by atoms with Gasteiger partial charge in [0, 0.05) is 17.7 Å². The average Bonchev–Trinajstić information content (AvgIpc) is 2.56. The summed E-state index contributed by atoms with van der Waals surface area (Å²) in [5, 5.41) is 3.32. The number of hydrogen-bond acceptors (Lipinski definition) is 2. The Hall–Kier alpha value is -1.77. The second kappa shape index (κ2) is 6.27. The highest BCUT2D eigenvalue weighted by molar-refractivity contribution is 5.92. The topological polar surface area (TPSA) is 38.3 Å². The van der Waals surface area contributed by atoms with Gasteiger partial charge in [-0.25, -0.2) is 0 Å². The number of benzene rings is 1. The SMILES string of the molecule is COc1ccc(C)cc1/C=C/C(=O)NC1C2CC3CC(C2)CC1C3. The van der Waals surface area contributed by atoms with Crippen molar-refractivity contribution in [1.82, 2.24) is 5.32 Å². The quantitative estimate of drug-likeness (QED) is 0.851. The van der Waals surface area contributed by atoms with E-state index in [1.807, 2.05) is 31.2 Å². The zero-order valence-electron chi connectivity index (χ0n) is 14.6.